The van der Waals surface area contributed by atoms with Crippen molar-refractivity contribution in [1.29, 1.82) is 5.26 Å². The third-order valence-electron chi connectivity index (χ3n) is 4.55. The minimum Gasteiger partial charge on any atom is -0.451 e. The van der Waals surface area contributed by atoms with Crippen molar-refractivity contribution < 1.29 is 9.21 Å². The molecule has 1 amide bonds. The molecule has 26 heavy (non-hydrogen) atoms. The molecule has 0 saturated carbocycles. The zero-order valence-corrected chi connectivity index (χ0v) is 15.6. The van der Waals surface area contributed by atoms with Crippen LogP contribution in [0.3, 0.4) is 0 Å². The molecule has 1 aromatic carbocycles. The van der Waals surface area contributed by atoms with E-state index < -0.39 is 0 Å². The number of amides is 1. The SMILES string of the molecule is Cc1ccc(-c2ccc(C(=O)Nc3sc4c(c3C#N)CCC4)o2)cc1Cl. The lowest BCUT2D eigenvalue weighted by atomic mass is 10.1. The van der Waals surface area contributed by atoms with E-state index in [-0.39, 0.29) is 11.7 Å². The summed E-state index contributed by atoms with van der Waals surface area (Å²) in [5.41, 5.74) is 3.47. The largest absolute Gasteiger partial charge is 0.451 e. The molecule has 0 fully saturated rings. The highest BCUT2D eigenvalue weighted by molar-refractivity contribution is 7.16. The Labute approximate surface area is 160 Å². The first-order chi connectivity index (χ1) is 12.6. The maximum absolute atomic E-state index is 12.5. The van der Waals surface area contributed by atoms with Crippen LogP contribution in [0.2, 0.25) is 5.02 Å². The first-order valence-corrected chi connectivity index (χ1v) is 9.48. The number of hydrogen-bond acceptors (Lipinski definition) is 4. The molecule has 0 aliphatic heterocycles. The summed E-state index contributed by atoms with van der Waals surface area (Å²) in [4.78, 5) is 13.7. The number of aryl methyl sites for hydroxylation is 2. The van der Waals surface area contributed by atoms with Crippen molar-refractivity contribution in [2.45, 2.75) is 26.2 Å². The van der Waals surface area contributed by atoms with E-state index in [0.717, 1.165) is 36.0 Å². The molecular weight excluding hydrogens is 368 g/mol. The van der Waals surface area contributed by atoms with E-state index >= 15 is 0 Å². The molecule has 0 saturated heterocycles. The molecule has 3 aromatic rings. The van der Waals surface area contributed by atoms with Gasteiger partial charge in [0.1, 0.15) is 16.8 Å². The third kappa shape index (κ3) is 2.92. The normalized spacial score (nSPS) is 12.7. The molecule has 2 heterocycles. The molecule has 130 valence electrons. The monoisotopic (exact) mass is 382 g/mol. The summed E-state index contributed by atoms with van der Waals surface area (Å²) in [6, 6.07) is 11.2. The topological polar surface area (TPSA) is 66.0 Å². The predicted molar refractivity (Wildman–Crippen MR) is 103 cm³/mol. The Morgan fingerprint density at radius 1 is 1.31 bits per heavy atom. The number of anilines is 1. The van der Waals surface area contributed by atoms with E-state index in [1.165, 1.54) is 16.2 Å². The van der Waals surface area contributed by atoms with Gasteiger partial charge in [-0.2, -0.15) is 5.26 Å². The smallest absolute Gasteiger partial charge is 0.292 e. The number of hydrogen-bond donors (Lipinski definition) is 1. The number of rotatable bonds is 3. The predicted octanol–water partition coefficient (Wildman–Crippen LogP) is 5.58. The molecule has 4 nitrogen and oxygen atoms in total. The van der Waals surface area contributed by atoms with Gasteiger partial charge in [-0.05, 0) is 55.5 Å². The Balaban J connectivity index is 1.58. The number of nitriles is 1. The van der Waals surface area contributed by atoms with Gasteiger partial charge >= 0.3 is 0 Å². The first-order valence-electron chi connectivity index (χ1n) is 8.29. The molecule has 0 unspecified atom stereocenters. The lowest BCUT2D eigenvalue weighted by molar-refractivity contribution is 0.0998. The van der Waals surface area contributed by atoms with Gasteiger partial charge in [-0.3, -0.25) is 4.79 Å². The van der Waals surface area contributed by atoms with Crippen LogP contribution in [0.15, 0.2) is 34.7 Å². The fourth-order valence-electron chi connectivity index (χ4n) is 3.14. The number of fused-ring (bicyclic) bond motifs is 1. The minimum atomic E-state index is -0.356. The molecule has 4 rings (SSSR count). The third-order valence-corrected chi connectivity index (χ3v) is 6.16. The highest BCUT2D eigenvalue weighted by Gasteiger charge is 2.24. The van der Waals surface area contributed by atoms with Crippen LogP contribution in [0.4, 0.5) is 5.00 Å². The van der Waals surface area contributed by atoms with Gasteiger partial charge in [0.2, 0.25) is 0 Å². The number of halogens is 1. The van der Waals surface area contributed by atoms with Crippen molar-refractivity contribution in [2.75, 3.05) is 5.32 Å². The first kappa shape index (κ1) is 16.9. The Kier molecular flexibility index (Phi) is 4.31. The molecule has 1 aliphatic carbocycles. The van der Waals surface area contributed by atoms with Crippen LogP contribution in [0, 0.1) is 18.3 Å². The highest BCUT2D eigenvalue weighted by Crippen LogP contribution is 2.38. The van der Waals surface area contributed by atoms with Gasteiger partial charge in [-0.25, -0.2) is 0 Å². The Bertz CT molecular complexity index is 1060. The Morgan fingerprint density at radius 2 is 2.15 bits per heavy atom. The van der Waals surface area contributed by atoms with Gasteiger partial charge in [0.25, 0.3) is 5.91 Å². The van der Waals surface area contributed by atoms with Crippen LogP contribution >= 0.6 is 22.9 Å². The van der Waals surface area contributed by atoms with Gasteiger partial charge in [0, 0.05) is 15.5 Å². The zero-order valence-electron chi connectivity index (χ0n) is 14.1. The van der Waals surface area contributed by atoms with Crippen LogP contribution in [0.5, 0.6) is 0 Å². The summed E-state index contributed by atoms with van der Waals surface area (Å²) in [6.45, 7) is 1.93. The van der Waals surface area contributed by atoms with Gasteiger partial charge in [0.05, 0.1) is 5.56 Å². The number of nitrogens with zero attached hydrogens (tertiary/aromatic N) is 1. The number of carbonyl (C=O) groups is 1. The van der Waals surface area contributed by atoms with Crippen LogP contribution < -0.4 is 5.32 Å². The summed E-state index contributed by atoms with van der Waals surface area (Å²) in [5.74, 6) is 0.422. The fraction of sp³-hybridized carbons (Fsp3) is 0.200. The number of thiophene rings is 1. The Morgan fingerprint density at radius 3 is 2.92 bits per heavy atom. The van der Waals surface area contributed by atoms with Crippen LogP contribution in [-0.2, 0) is 12.8 Å². The van der Waals surface area contributed by atoms with Crippen LogP contribution in [-0.4, -0.2) is 5.91 Å². The average molecular weight is 383 g/mol. The summed E-state index contributed by atoms with van der Waals surface area (Å²) in [5, 5.41) is 13.5. The van der Waals surface area contributed by atoms with E-state index in [2.05, 4.69) is 11.4 Å². The maximum atomic E-state index is 12.5. The van der Waals surface area contributed by atoms with Crippen molar-refractivity contribution in [2.24, 2.45) is 0 Å². The number of carbonyl (C=O) groups excluding carboxylic acids is 1. The van der Waals surface area contributed by atoms with Crippen LogP contribution in [0.1, 0.15) is 38.5 Å². The number of benzene rings is 1. The second kappa shape index (κ2) is 6.64. The second-order valence-corrected chi connectivity index (χ2v) is 7.77. The lowest BCUT2D eigenvalue weighted by Gasteiger charge is -2.03. The van der Waals surface area contributed by atoms with Crippen molar-refractivity contribution in [3.8, 4) is 17.4 Å². The van der Waals surface area contributed by atoms with Gasteiger partial charge in [-0.1, -0.05) is 23.7 Å². The molecule has 0 radical (unpaired) electrons. The fourth-order valence-corrected chi connectivity index (χ4v) is 4.55. The second-order valence-electron chi connectivity index (χ2n) is 6.26. The minimum absolute atomic E-state index is 0.203. The molecule has 1 aliphatic rings. The highest BCUT2D eigenvalue weighted by atomic mass is 35.5. The standard InChI is InChI=1S/C20H15ClN2O2S/c1-11-5-6-12(9-15(11)21)16-7-8-17(25-16)19(24)23-20-14(10-22)13-3-2-4-18(13)26-20/h5-9H,2-4H2,1H3,(H,23,24). The quantitative estimate of drug-likeness (QED) is 0.642. The number of nitrogens with one attached hydrogen (secondary N) is 1. The molecular formula is C20H15ClN2O2S. The molecule has 0 bridgehead atoms. The molecule has 1 N–H and O–H groups in total. The van der Waals surface area contributed by atoms with E-state index in [1.807, 2.05) is 25.1 Å². The molecule has 2 aromatic heterocycles. The van der Waals surface area contributed by atoms with Gasteiger partial charge in [0.15, 0.2) is 5.76 Å². The van der Waals surface area contributed by atoms with Crippen molar-refractivity contribution in [1.82, 2.24) is 0 Å². The lowest BCUT2D eigenvalue weighted by Crippen LogP contribution is -2.10. The molecule has 0 atom stereocenters. The van der Waals surface area contributed by atoms with Gasteiger partial charge in [-0.15, -0.1) is 11.3 Å². The number of furan rings is 1. The summed E-state index contributed by atoms with van der Waals surface area (Å²) in [7, 11) is 0. The van der Waals surface area contributed by atoms with E-state index in [9.17, 15) is 10.1 Å². The van der Waals surface area contributed by atoms with Crippen molar-refractivity contribution >= 4 is 33.8 Å². The van der Waals surface area contributed by atoms with E-state index in [1.54, 1.807) is 12.1 Å². The van der Waals surface area contributed by atoms with Crippen LogP contribution in [0.25, 0.3) is 11.3 Å². The van der Waals surface area contributed by atoms with Crippen molar-refractivity contribution in [3.05, 3.63) is 62.7 Å². The van der Waals surface area contributed by atoms with Gasteiger partial charge < -0.3 is 9.73 Å². The maximum Gasteiger partial charge on any atom is 0.292 e. The summed E-state index contributed by atoms with van der Waals surface area (Å²) < 4.78 is 5.70. The van der Waals surface area contributed by atoms with E-state index in [4.69, 9.17) is 16.0 Å². The average Bonchev–Trinajstić information content (AvgIpc) is 3.32. The van der Waals surface area contributed by atoms with E-state index in [0.29, 0.717) is 21.3 Å². The van der Waals surface area contributed by atoms with Crippen molar-refractivity contribution in [3.63, 3.8) is 0 Å². The summed E-state index contributed by atoms with van der Waals surface area (Å²) in [6.07, 6.45) is 2.96. The Hall–Kier alpha value is -2.55. The zero-order chi connectivity index (χ0) is 18.3. The molecule has 6 heteroatoms. The summed E-state index contributed by atoms with van der Waals surface area (Å²) >= 11 is 7.65. The molecule has 0 spiro atoms.